The monoisotopic (exact) mass is 348 g/mol. The predicted molar refractivity (Wildman–Crippen MR) is 96.6 cm³/mol. The van der Waals surface area contributed by atoms with E-state index < -0.39 is 0 Å². The summed E-state index contributed by atoms with van der Waals surface area (Å²) >= 11 is 0. The number of morpholine rings is 1. The van der Waals surface area contributed by atoms with Crippen LogP contribution in [0.25, 0.3) is 0 Å². The van der Waals surface area contributed by atoms with Crippen LogP contribution >= 0.6 is 0 Å². The zero-order valence-electron chi connectivity index (χ0n) is 14.4. The molecule has 0 unspecified atom stereocenters. The second-order valence-corrected chi connectivity index (χ2v) is 6.29. The largest absolute Gasteiger partial charge is 0.377 e. The first-order valence-electron chi connectivity index (χ1n) is 8.69. The van der Waals surface area contributed by atoms with Gasteiger partial charge in [-0.25, -0.2) is 4.68 Å². The topological polar surface area (TPSA) is 60.2 Å². The summed E-state index contributed by atoms with van der Waals surface area (Å²) in [6.45, 7) is 2.16. The molecular formula is C20H20N4O2. The third-order valence-electron chi connectivity index (χ3n) is 4.52. The first kappa shape index (κ1) is 16.5. The van der Waals surface area contributed by atoms with Gasteiger partial charge in [0.15, 0.2) is 5.69 Å². The second kappa shape index (κ2) is 7.49. The lowest BCUT2D eigenvalue weighted by Crippen LogP contribution is -2.43. The van der Waals surface area contributed by atoms with Gasteiger partial charge >= 0.3 is 0 Å². The molecule has 1 atom stereocenters. The fourth-order valence-electron chi connectivity index (χ4n) is 3.19. The highest BCUT2D eigenvalue weighted by Gasteiger charge is 2.30. The minimum Gasteiger partial charge on any atom is -0.377 e. The normalized spacial score (nSPS) is 17.2. The van der Waals surface area contributed by atoms with Crippen molar-refractivity contribution in [2.75, 3.05) is 19.8 Å². The SMILES string of the molecule is O=C(c1cn(Cc2ccccc2)nn1)N1CCOC[C@H]1c1ccccc1. The maximum absolute atomic E-state index is 13.0. The molecule has 4 rings (SSSR count). The van der Waals surface area contributed by atoms with Crippen molar-refractivity contribution in [3.05, 3.63) is 83.7 Å². The summed E-state index contributed by atoms with van der Waals surface area (Å²) in [5.74, 6) is -0.110. The van der Waals surface area contributed by atoms with Gasteiger partial charge in [0, 0.05) is 6.54 Å². The van der Waals surface area contributed by atoms with Gasteiger partial charge in [0.05, 0.1) is 32.0 Å². The van der Waals surface area contributed by atoms with Gasteiger partial charge in [-0.15, -0.1) is 5.10 Å². The number of nitrogens with zero attached hydrogens (tertiary/aromatic N) is 4. The Kier molecular flexibility index (Phi) is 4.75. The maximum Gasteiger partial charge on any atom is 0.276 e. The van der Waals surface area contributed by atoms with E-state index in [0.717, 1.165) is 11.1 Å². The van der Waals surface area contributed by atoms with Gasteiger partial charge in [0.2, 0.25) is 0 Å². The van der Waals surface area contributed by atoms with Crippen LogP contribution < -0.4 is 0 Å². The molecule has 6 heteroatoms. The number of benzene rings is 2. The minimum atomic E-state index is -0.110. The van der Waals surface area contributed by atoms with E-state index in [2.05, 4.69) is 10.3 Å². The molecule has 2 aromatic carbocycles. The van der Waals surface area contributed by atoms with Crippen molar-refractivity contribution in [3.63, 3.8) is 0 Å². The minimum absolute atomic E-state index is 0.100. The van der Waals surface area contributed by atoms with E-state index >= 15 is 0 Å². The number of carbonyl (C=O) groups is 1. The average Bonchev–Trinajstić information content (AvgIpc) is 3.17. The van der Waals surface area contributed by atoms with E-state index in [0.29, 0.717) is 32.0 Å². The van der Waals surface area contributed by atoms with Crippen LogP contribution in [0.15, 0.2) is 66.9 Å². The van der Waals surface area contributed by atoms with E-state index in [-0.39, 0.29) is 11.9 Å². The highest BCUT2D eigenvalue weighted by molar-refractivity contribution is 5.92. The standard InChI is InChI=1S/C20H20N4O2/c25-20(18-14-23(22-21-18)13-16-7-3-1-4-8-16)24-11-12-26-15-19(24)17-9-5-2-6-10-17/h1-10,14,19H,11-13,15H2/t19-/m0/s1. The average molecular weight is 348 g/mol. The number of aromatic nitrogens is 3. The van der Waals surface area contributed by atoms with E-state index in [1.807, 2.05) is 65.6 Å². The Hall–Kier alpha value is -2.99. The molecule has 0 N–H and O–H groups in total. The third-order valence-corrected chi connectivity index (χ3v) is 4.52. The molecule has 0 spiro atoms. The smallest absolute Gasteiger partial charge is 0.276 e. The van der Waals surface area contributed by atoms with Crippen LogP contribution in [-0.4, -0.2) is 45.6 Å². The van der Waals surface area contributed by atoms with Crippen molar-refractivity contribution in [2.45, 2.75) is 12.6 Å². The molecule has 1 aliphatic rings. The number of carbonyl (C=O) groups excluding carboxylic acids is 1. The number of amides is 1. The third kappa shape index (κ3) is 3.50. The maximum atomic E-state index is 13.0. The van der Waals surface area contributed by atoms with Crippen LogP contribution in [-0.2, 0) is 11.3 Å². The zero-order chi connectivity index (χ0) is 17.8. The fraction of sp³-hybridized carbons (Fsp3) is 0.250. The molecule has 0 aliphatic carbocycles. The molecular weight excluding hydrogens is 328 g/mol. The molecule has 1 saturated heterocycles. The summed E-state index contributed by atoms with van der Waals surface area (Å²) in [4.78, 5) is 14.8. The summed E-state index contributed by atoms with van der Waals surface area (Å²) in [6, 6.07) is 19.8. The Bertz CT molecular complexity index is 864. The van der Waals surface area contributed by atoms with Crippen LogP contribution in [0.3, 0.4) is 0 Å². The Balaban J connectivity index is 1.53. The van der Waals surface area contributed by atoms with Gasteiger partial charge in [-0.2, -0.15) is 0 Å². The predicted octanol–water partition coefficient (Wildman–Crippen LogP) is 2.54. The molecule has 1 amide bonds. The van der Waals surface area contributed by atoms with Gasteiger partial charge in [0.1, 0.15) is 0 Å². The molecule has 6 nitrogen and oxygen atoms in total. The molecule has 26 heavy (non-hydrogen) atoms. The second-order valence-electron chi connectivity index (χ2n) is 6.29. The van der Waals surface area contributed by atoms with E-state index in [1.54, 1.807) is 10.9 Å². The summed E-state index contributed by atoms with van der Waals surface area (Å²) in [6.07, 6.45) is 1.72. The van der Waals surface area contributed by atoms with Gasteiger partial charge in [0.25, 0.3) is 5.91 Å². The van der Waals surface area contributed by atoms with Crippen molar-refractivity contribution in [1.29, 1.82) is 0 Å². The van der Waals surface area contributed by atoms with Crippen molar-refractivity contribution in [1.82, 2.24) is 19.9 Å². The summed E-state index contributed by atoms with van der Waals surface area (Å²) < 4.78 is 7.30. The molecule has 132 valence electrons. The van der Waals surface area contributed by atoms with Crippen molar-refractivity contribution in [3.8, 4) is 0 Å². The van der Waals surface area contributed by atoms with Crippen LogP contribution in [0.1, 0.15) is 27.7 Å². The molecule has 3 aromatic rings. The zero-order valence-corrected chi connectivity index (χ0v) is 14.4. The summed E-state index contributed by atoms with van der Waals surface area (Å²) in [5, 5.41) is 8.21. The van der Waals surface area contributed by atoms with Crippen molar-refractivity contribution >= 4 is 5.91 Å². The molecule has 0 bridgehead atoms. The van der Waals surface area contributed by atoms with E-state index in [4.69, 9.17) is 4.74 Å². The molecule has 1 fully saturated rings. The van der Waals surface area contributed by atoms with E-state index in [1.165, 1.54) is 0 Å². The lowest BCUT2D eigenvalue weighted by molar-refractivity contribution is -0.00301. The molecule has 0 saturated carbocycles. The molecule has 1 aromatic heterocycles. The van der Waals surface area contributed by atoms with Gasteiger partial charge in [-0.1, -0.05) is 65.9 Å². The fourth-order valence-corrected chi connectivity index (χ4v) is 3.19. The first-order valence-corrected chi connectivity index (χ1v) is 8.69. The van der Waals surface area contributed by atoms with Crippen molar-refractivity contribution in [2.24, 2.45) is 0 Å². The lowest BCUT2D eigenvalue weighted by Gasteiger charge is -2.35. The van der Waals surface area contributed by atoms with Gasteiger partial charge in [-0.3, -0.25) is 4.79 Å². The quantitative estimate of drug-likeness (QED) is 0.727. The van der Waals surface area contributed by atoms with Crippen LogP contribution in [0, 0.1) is 0 Å². The number of ether oxygens (including phenoxy) is 1. The number of rotatable bonds is 4. The summed E-state index contributed by atoms with van der Waals surface area (Å²) in [7, 11) is 0. The Morgan fingerprint density at radius 2 is 1.81 bits per heavy atom. The summed E-state index contributed by atoms with van der Waals surface area (Å²) in [5.41, 5.74) is 2.55. The molecule has 2 heterocycles. The highest BCUT2D eigenvalue weighted by Crippen LogP contribution is 2.25. The van der Waals surface area contributed by atoms with Crippen molar-refractivity contribution < 1.29 is 9.53 Å². The highest BCUT2D eigenvalue weighted by atomic mass is 16.5. The van der Waals surface area contributed by atoms with Crippen LogP contribution in [0.5, 0.6) is 0 Å². The molecule has 0 radical (unpaired) electrons. The Labute approximate surface area is 152 Å². The lowest BCUT2D eigenvalue weighted by atomic mass is 10.0. The Morgan fingerprint density at radius 1 is 1.08 bits per heavy atom. The van der Waals surface area contributed by atoms with Crippen LogP contribution in [0.2, 0.25) is 0 Å². The van der Waals surface area contributed by atoms with E-state index in [9.17, 15) is 4.79 Å². The Morgan fingerprint density at radius 3 is 2.58 bits per heavy atom. The number of hydrogen-bond acceptors (Lipinski definition) is 4. The van der Waals surface area contributed by atoms with Gasteiger partial charge in [-0.05, 0) is 11.1 Å². The molecule has 1 aliphatic heterocycles. The number of hydrogen-bond donors (Lipinski definition) is 0. The first-order chi connectivity index (χ1) is 12.8. The van der Waals surface area contributed by atoms with Gasteiger partial charge < -0.3 is 9.64 Å². The van der Waals surface area contributed by atoms with Crippen LogP contribution in [0.4, 0.5) is 0 Å².